The fraction of sp³-hybridized carbons (Fsp3) is 0.278. The number of nitrogens with zero attached hydrogens (tertiary/aromatic N) is 2. The highest BCUT2D eigenvalue weighted by Gasteiger charge is 2.27. The molecule has 1 saturated carbocycles. The summed E-state index contributed by atoms with van der Waals surface area (Å²) in [6.07, 6.45) is 1.95. The van der Waals surface area contributed by atoms with Crippen LogP contribution in [0.1, 0.15) is 33.9 Å². The molecule has 0 spiro atoms. The lowest BCUT2D eigenvalue weighted by molar-refractivity contribution is 0.0944. The number of aryl methyl sites for hydroxylation is 1. The molecule has 2 heterocycles. The van der Waals surface area contributed by atoms with Crippen LogP contribution in [0.4, 0.5) is 4.39 Å². The van der Waals surface area contributed by atoms with E-state index in [-0.39, 0.29) is 29.9 Å². The highest BCUT2D eigenvalue weighted by Crippen LogP contribution is 2.23. The van der Waals surface area contributed by atoms with Crippen molar-refractivity contribution in [2.45, 2.75) is 32.4 Å². The molecule has 8 heteroatoms. The normalized spacial score (nSPS) is 13.8. The molecule has 6 nitrogen and oxygen atoms in total. The number of hydrogen-bond acceptors (Lipinski definition) is 5. The first-order valence-electron chi connectivity index (χ1n) is 8.22. The van der Waals surface area contributed by atoms with Gasteiger partial charge in [-0.05, 0) is 44.0 Å². The second kappa shape index (κ2) is 6.53. The predicted molar refractivity (Wildman–Crippen MR) is 95.3 cm³/mol. The summed E-state index contributed by atoms with van der Waals surface area (Å²) in [6, 6.07) is 7.19. The smallest absolute Gasteiger partial charge is 0.269 e. The van der Waals surface area contributed by atoms with Crippen molar-refractivity contribution in [1.29, 1.82) is 0 Å². The van der Waals surface area contributed by atoms with E-state index in [1.165, 1.54) is 46.1 Å². The molecule has 0 atom stereocenters. The average Bonchev–Trinajstić information content (AvgIpc) is 3.34. The van der Waals surface area contributed by atoms with Gasteiger partial charge in [0.25, 0.3) is 11.5 Å². The molecule has 3 aromatic rings. The maximum Gasteiger partial charge on any atom is 0.269 e. The number of thiazole rings is 1. The standard InChI is InChI=1S/C18H16FN3O3S/c1-10-16(17(24)20-12-4-5-12)22-15(23)8-13(21-18(22)26-10)9-25-14-6-2-11(19)3-7-14/h2-3,6-8,12H,4-5,9H2,1H3,(H,20,24). The number of nitrogens with one attached hydrogen (secondary N) is 1. The van der Waals surface area contributed by atoms with Crippen LogP contribution in [0.15, 0.2) is 35.1 Å². The van der Waals surface area contributed by atoms with Crippen LogP contribution < -0.4 is 15.6 Å². The van der Waals surface area contributed by atoms with Crippen LogP contribution in [0.5, 0.6) is 5.75 Å². The minimum atomic E-state index is -0.346. The average molecular weight is 373 g/mol. The number of rotatable bonds is 5. The van der Waals surface area contributed by atoms with Gasteiger partial charge in [0.1, 0.15) is 23.9 Å². The summed E-state index contributed by atoms with van der Waals surface area (Å²) in [7, 11) is 0. The first-order chi connectivity index (χ1) is 12.5. The Balaban J connectivity index is 1.61. The van der Waals surface area contributed by atoms with Crippen LogP contribution in [-0.4, -0.2) is 21.3 Å². The van der Waals surface area contributed by atoms with E-state index in [4.69, 9.17) is 4.74 Å². The van der Waals surface area contributed by atoms with Crippen molar-refractivity contribution in [1.82, 2.24) is 14.7 Å². The lowest BCUT2D eigenvalue weighted by Gasteiger charge is -2.07. The molecule has 0 saturated heterocycles. The van der Waals surface area contributed by atoms with Crippen molar-refractivity contribution in [2.24, 2.45) is 0 Å². The van der Waals surface area contributed by atoms with E-state index in [9.17, 15) is 14.0 Å². The minimum absolute atomic E-state index is 0.0813. The quantitative estimate of drug-likeness (QED) is 0.746. The van der Waals surface area contributed by atoms with E-state index >= 15 is 0 Å². The van der Waals surface area contributed by atoms with Gasteiger partial charge in [0, 0.05) is 17.0 Å². The van der Waals surface area contributed by atoms with E-state index < -0.39 is 0 Å². The van der Waals surface area contributed by atoms with Crippen LogP contribution in [0, 0.1) is 12.7 Å². The third-order valence-electron chi connectivity index (χ3n) is 4.07. The molecule has 1 N–H and O–H groups in total. The molecular weight excluding hydrogens is 357 g/mol. The Morgan fingerprint density at radius 3 is 2.81 bits per heavy atom. The zero-order chi connectivity index (χ0) is 18.3. The lowest BCUT2D eigenvalue weighted by atomic mass is 10.3. The van der Waals surface area contributed by atoms with Gasteiger partial charge in [-0.15, -0.1) is 11.3 Å². The highest BCUT2D eigenvalue weighted by atomic mass is 32.1. The van der Waals surface area contributed by atoms with Crippen LogP contribution in [0.3, 0.4) is 0 Å². The third-order valence-corrected chi connectivity index (χ3v) is 5.03. The number of aromatic nitrogens is 2. The maximum absolute atomic E-state index is 12.9. The second-order valence-corrected chi connectivity index (χ2v) is 7.38. The zero-order valence-electron chi connectivity index (χ0n) is 14.0. The van der Waals surface area contributed by atoms with Gasteiger partial charge in [-0.25, -0.2) is 13.8 Å². The Bertz CT molecular complexity index is 1040. The molecule has 1 aliphatic rings. The molecule has 2 aromatic heterocycles. The number of amides is 1. The SMILES string of the molecule is Cc1sc2nc(COc3ccc(F)cc3)cc(=O)n2c1C(=O)NC1CC1. The number of halogens is 1. The van der Waals surface area contributed by atoms with E-state index in [2.05, 4.69) is 10.3 Å². The molecular formula is C18H16FN3O3S. The molecule has 0 unspecified atom stereocenters. The van der Waals surface area contributed by atoms with Gasteiger partial charge < -0.3 is 10.1 Å². The summed E-state index contributed by atoms with van der Waals surface area (Å²) < 4.78 is 19.8. The van der Waals surface area contributed by atoms with Crippen LogP contribution in [0.2, 0.25) is 0 Å². The van der Waals surface area contributed by atoms with Crippen molar-refractivity contribution in [3.8, 4) is 5.75 Å². The van der Waals surface area contributed by atoms with Gasteiger partial charge in [-0.3, -0.25) is 9.59 Å². The van der Waals surface area contributed by atoms with Gasteiger partial charge in [-0.2, -0.15) is 0 Å². The molecule has 0 aliphatic heterocycles. The summed E-state index contributed by atoms with van der Waals surface area (Å²) in [5, 5.41) is 2.91. The van der Waals surface area contributed by atoms with E-state index in [0.29, 0.717) is 22.1 Å². The maximum atomic E-state index is 12.9. The summed E-state index contributed by atoms with van der Waals surface area (Å²) in [5.41, 5.74) is 0.480. The van der Waals surface area contributed by atoms with Gasteiger partial charge in [0.15, 0.2) is 4.96 Å². The molecule has 0 bridgehead atoms. The van der Waals surface area contributed by atoms with Crippen LogP contribution in [0.25, 0.3) is 4.96 Å². The summed E-state index contributed by atoms with van der Waals surface area (Å²) in [5.74, 6) is -0.100. The van der Waals surface area contributed by atoms with E-state index in [1.54, 1.807) is 6.92 Å². The van der Waals surface area contributed by atoms with Crippen molar-refractivity contribution < 1.29 is 13.9 Å². The second-order valence-electron chi connectivity index (χ2n) is 6.20. The Kier molecular flexibility index (Phi) is 4.20. The minimum Gasteiger partial charge on any atom is -0.487 e. The van der Waals surface area contributed by atoms with Crippen molar-refractivity contribution >= 4 is 22.2 Å². The predicted octanol–water partition coefficient (Wildman–Crippen LogP) is 2.67. The Morgan fingerprint density at radius 2 is 2.12 bits per heavy atom. The molecule has 1 amide bonds. The number of ether oxygens (including phenoxy) is 1. The number of benzene rings is 1. The molecule has 1 aliphatic carbocycles. The fourth-order valence-electron chi connectivity index (χ4n) is 2.63. The summed E-state index contributed by atoms with van der Waals surface area (Å²) in [6.45, 7) is 1.88. The number of hydrogen-bond donors (Lipinski definition) is 1. The Hall–Kier alpha value is -2.74. The van der Waals surface area contributed by atoms with Gasteiger partial charge in [0.2, 0.25) is 0 Å². The van der Waals surface area contributed by atoms with Crippen molar-refractivity contribution in [3.63, 3.8) is 0 Å². The first kappa shape index (κ1) is 16.7. The van der Waals surface area contributed by atoms with Crippen molar-refractivity contribution in [3.05, 3.63) is 62.8 Å². The molecule has 4 rings (SSSR count). The first-order valence-corrected chi connectivity index (χ1v) is 9.04. The number of fused-ring (bicyclic) bond motifs is 1. The highest BCUT2D eigenvalue weighted by molar-refractivity contribution is 7.17. The van der Waals surface area contributed by atoms with Gasteiger partial charge >= 0.3 is 0 Å². The molecule has 0 radical (unpaired) electrons. The summed E-state index contributed by atoms with van der Waals surface area (Å²) >= 11 is 1.29. The zero-order valence-corrected chi connectivity index (χ0v) is 14.8. The van der Waals surface area contributed by atoms with E-state index in [1.807, 2.05) is 0 Å². The Morgan fingerprint density at radius 1 is 1.38 bits per heavy atom. The molecule has 26 heavy (non-hydrogen) atoms. The molecule has 1 fully saturated rings. The largest absolute Gasteiger partial charge is 0.487 e. The number of carbonyl (C=O) groups is 1. The lowest BCUT2D eigenvalue weighted by Crippen LogP contribution is -2.30. The van der Waals surface area contributed by atoms with Crippen LogP contribution in [-0.2, 0) is 6.61 Å². The van der Waals surface area contributed by atoms with Gasteiger partial charge in [-0.1, -0.05) is 0 Å². The topological polar surface area (TPSA) is 72.7 Å². The molecule has 134 valence electrons. The molecule has 1 aromatic carbocycles. The number of carbonyl (C=O) groups excluding carboxylic acids is 1. The van der Waals surface area contributed by atoms with E-state index in [0.717, 1.165) is 17.7 Å². The van der Waals surface area contributed by atoms with Crippen molar-refractivity contribution in [2.75, 3.05) is 0 Å². The fourth-order valence-corrected chi connectivity index (χ4v) is 3.62. The third kappa shape index (κ3) is 3.32. The van der Waals surface area contributed by atoms with Crippen LogP contribution >= 0.6 is 11.3 Å². The monoisotopic (exact) mass is 373 g/mol. The van der Waals surface area contributed by atoms with Gasteiger partial charge in [0.05, 0.1) is 5.69 Å². The summed E-state index contributed by atoms with van der Waals surface area (Å²) in [4.78, 5) is 30.6. The Labute approximate surface area is 152 Å².